The Morgan fingerprint density at radius 1 is 1.04 bits per heavy atom. The average molecular weight is 378 g/mol. The Balaban J connectivity index is 1.29. The van der Waals surface area contributed by atoms with Gasteiger partial charge in [0.05, 0.1) is 12.1 Å². The Morgan fingerprint density at radius 3 is 2.54 bits per heavy atom. The number of carbonyl (C=O) groups excluding carboxylic acids is 1. The van der Waals surface area contributed by atoms with Crippen molar-refractivity contribution in [3.63, 3.8) is 0 Å². The van der Waals surface area contributed by atoms with E-state index in [1.54, 1.807) is 0 Å². The summed E-state index contributed by atoms with van der Waals surface area (Å²) in [5.41, 5.74) is 4.06. The van der Waals surface area contributed by atoms with Crippen molar-refractivity contribution in [1.29, 1.82) is 0 Å². The monoisotopic (exact) mass is 377 g/mol. The molecule has 0 saturated carbocycles. The van der Waals surface area contributed by atoms with Crippen LogP contribution in [-0.4, -0.2) is 47.9 Å². The first-order chi connectivity index (χ1) is 13.7. The van der Waals surface area contributed by atoms with Crippen LogP contribution >= 0.6 is 0 Å². The van der Waals surface area contributed by atoms with Crippen molar-refractivity contribution < 1.29 is 4.79 Å². The van der Waals surface area contributed by atoms with E-state index in [4.69, 9.17) is 0 Å². The molecule has 1 fully saturated rings. The zero-order chi connectivity index (χ0) is 19.3. The average Bonchev–Trinajstić information content (AvgIpc) is 2.75. The summed E-state index contributed by atoms with van der Waals surface area (Å²) in [5.74, 6) is 0.165. The Bertz CT molecular complexity index is 783. The second-order valence-corrected chi connectivity index (χ2v) is 8.13. The predicted molar refractivity (Wildman–Crippen MR) is 113 cm³/mol. The van der Waals surface area contributed by atoms with E-state index in [9.17, 15) is 4.79 Å². The van der Waals surface area contributed by atoms with Crippen LogP contribution < -0.4 is 5.32 Å². The summed E-state index contributed by atoms with van der Waals surface area (Å²) < 4.78 is 0. The number of hydrogen-bond acceptors (Lipinski definition) is 3. The van der Waals surface area contributed by atoms with Gasteiger partial charge >= 0.3 is 0 Å². The Kier molecular flexibility index (Phi) is 6.08. The van der Waals surface area contributed by atoms with Crippen molar-refractivity contribution in [2.24, 2.45) is 0 Å². The molecule has 2 aromatic carbocycles. The Labute approximate surface area is 168 Å². The number of rotatable bonds is 5. The Morgan fingerprint density at radius 2 is 1.75 bits per heavy atom. The lowest BCUT2D eigenvalue weighted by molar-refractivity contribution is -0.127. The molecule has 0 spiro atoms. The van der Waals surface area contributed by atoms with Crippen LogP contribution in [0.5, 0.6) is 0 Å². The van der Waals surface area contributed by atoms with Gasteiger partial charge < -0.3 is 5.32 Å². The number of piperazine rings is 1. The van der Waals surface area contributed by atoms with Gasteiger partial charge in [0.1, 0.15) is 0 Å². The quantitative estimate of drug-likeness (QED) is 0.868. The minimum atomic E-state index is -0.0760. The van der Waals surface area contributed by atoms with Crippen LogP contribution in [0.2, 0.25) is 0 Å². The van der Waals surface area contributed by atoms with E-state index in [0.29, 0.717) is 0 Å². The van der Waals surface area contributed by atoms with Crippen LogP contribution in [0.1, 0.15) is 42.5 Å². The third kappa shape index (κ3) is 4.45. The van der Waals surface area contributed by atoms with E-state index in [1.165, 1.54) is 16.7 Å². The van der Waals surface area contributed by atoms with Gasteiger partial charge in [-0.25, -0.2) is 0 Å². The van der Waals surface area contributed by atoms with Crippen molar-refractivity contribution in [3.05, 3.63) is 71.3 Å². The molecule has 0 unspecified atom stereocenters. The van der Waals surface area contributed by atoms with Crippen LogP contribution in [0.25, 0.3) is 0 Å². The van der Waals surface area contributed by atoms with Crippen LogP contribution in [0.3, 0.4) is 0 Å². The second kappa shape index (κ2) is 8.89. The molecule has 0 bridgehead atoms. The number of amides is 1. The molecule has 0 radical (unpaired) electrons. The van der Waals surface area contributed by atoms with Crippen LogP contribution in [0, 0.1) is 0 Å². The molecule has 4 rings (SSSR count). The number of carbonyl (C=O) groups is 1. The predicted octanol–water partition coefficient (Wildman–Crippen LogP) is 3.39. The summed E-state index contributed by atoms with van der Waals surface area (Å²) in [6.07, 6.45) is 3.32. The fraction of sp³-hybridized carbons (Fsp3) is 0.458. The zero-order valence-corrected chi connectivity index (χ0v) is 16.8. The Hall–Kier alpha value is -2.17. The SMILES string of the molecule is C[C@H](C(=O)N[C@H]1CCCc2ccccc21)N1CCN(Cc2ccccc2)CC1. The van der Waals surface area contributed by atoms with Gasteiger partial charge in [-0.2, -0.15) is 0 Å². The number of hydrogen-bond donors (Lipinski definition) is 1. The maximum Gasteiger partial charge on any atom is 0.237 e. The normalized spacial score (nSPS) is 21.7. The third-order valence-corrected chi connectivity index (χ3v) is 6.27. The largest absolute Gasteiger partial charge is 0.348 e. The van der Waals surface area contributed by atoms with Gasteiger partial charge in [-0.3, -0.25) is 14.6 Å². The van der Waals surface area contributed by atoms with Crippen molar-refractivity contribution in [2.45, 2.75) is 44.8 Å². The number of benzene rings is 2. The molecule has 148 valence electrons. The highest BCUT2D eigenvalue weighted by Crippen LogP contribution is 2.29. The standard InChI is InChI=1S/C24H31N3O/c1-19(24(28)25-23-13-7-11-21-10-5-6-12-22(21)23)27-16-14-26(15-17-27)18-20-8-3-2-4-9-20/h2-6,8-10,12,19,23H,7,11,13-18H2,1H3,(H,25,28)/t19-,23+/m1/s1. The highest BCUT2D eigenvalue weighted by atomic mass is 16.2. The fourth-order valence-corrected chi connectivity index (χ4v) is 4.51. The molecule has 4 heteroatoms. The molecule has 0 aromatic heterocycles. The van der Waals surface area contributed by atoms with E-state index in [1.807, 2.05) is 0 Å². The molecular weight excluding hydrogens is 346 g/mol. The van der Waals surface area contributed by atoms with Crippen molar-refractivity contribution >= 4 is 5.91 Å². The van der Waals surface area contributed by atoms with E-state index in [-0.39, 0.29) is 18.0 Å². The number of nitrogens with zero attached hydrogens (tertiary/aromatic N) is 2. The van der Waals surface area contributed by atoms with Crippen LogP contribution in [0.15, 0.2) is 54.6 Å². The molecule has 1 N–H and O–H groups in total. The van der Waals surface area contributed by atoms with Crippen molar-refractivity contribution in [1.82, 2.24) is 15.1 Å². The lowest BCUT2D eigenvalue weighted by Crippen LogP contribution is -2.54. The summed E-state index contributed by atoms with van der Waals surface area (Å²) in [4.78, 5) is 17.7. The number of aryl methyl sites for hydroxylation is 1. The topological polar surface area (TPSA) is 35.6 Å². The first-order valence-electron chi connectivity index (χ1n) is 10.6. The third-order valence-electron chi connectivity index (χ3n) is 6.27. The second-order valence-electron chi connectivity index (χ2n) is 8.13. The summed E-state index contributed by atoms with van der Waals surface area (Å²) in [6, 6.07) is 19.3. The molecule has 4 nitrogen and oxygen atoms in total. The maximum atomic E-state index is 12.9. The molecule has 1 heterocycles. The number of fused-ring (bicyclic) bond motifs is 1. The van der Waals surface area contributed by atoms with Crippen molar-refractivity contribution in [2.75, 3.05) is 26.2 Å². The molecule has 1 aliphatic heterocycles. The summed E-state index contributed by atoms with van der Waals surface area (Å²) in [7, 11) is 0. The lowest BCUT2D eigenvalue weighted by atomic mass is 9.87. The molecule has 1 saturated heterocycles. The van der Waals surface area contributed by atoms with Gasteiger partial charge in [-0.05, 0) is 42.9 Å². The molecule has 28 heavy (non-hydrogen) atoms. The molecular formula is C24H31N3O. The van der Waals surface area contributed by atoms with Gasteiger partial charge in [0, 0.05) is 32.7 Å². The first-order valence-corrected chi connectivity index (χ1v) is 10.6. The summed E-state index contributed by atoms with van der Waals surface area (Å²) in [6.45, 7) is 6.97. The molecule has 2 atom stereocenters. The van der Waals surface area contributed by atoms with E-state index < -0.39 is 0 Å². The molecule has 1 aliphatic carbocycles. The van der Waals surface area contributed by atoms with Crippen molar-refractivity contribution in [3.8, 4) is 0 Å². The summed E-state index contributed by atoms with van der Waals surface area (Å²) >= 11 is 0. The van der Waals surface area contributed by atoms with Gasteiger partial charge in [0.15, 0.2) is 0 Å². The highest BCUT2D eigenvalue weighted by molar-refractivity contribution is 5.81. The zero-order valence-electron chi connectivity index (χ0n) is 16.8. The number of nitrogens with one attached hydrogen (secondary N) is 1. The maximum absolute atomic E-state index is 12.9. The van der Waals surface area contributed by atoms with E-state index in [0.717, 1.165) is 52.0 Å². The first kappa shape index (κ1) is 19.2. The molecule has 2 aliphatic rings. The van der Waals surface area contributed by atoms with Crippen LogP contribution in [0.4, 0.5) is 0 Å². The van der Waals surface area contributed by atoms with E-state index in [2.05, 4.69) is 76.6 Å². The highest BCUT2D eigenvalue weighted by Gasteiger charge is 2.28. The fourth-order valence-electron chi connectivity index (χ4n) is 4.51. The summed E-state index contributed by atoms with van der Waals surface area (Å²) in [5, 5.41) is 3.33. The minimum absolute atomic E-state index is 0.0760. The van der Waals surface area contributed by atoms with Gasteiger partial charge in [-0.1, -0.05) is 54.6 Å². The van der Waals surface area contributed by atoms with Gasteiger partial charge in [-0.15, -0.1) is 0 Å². The lowest BCUT2D eigenvalue weighted by Gasteiger charge is -2.38. The van der Waals surface area contributed by atoms with Gasteiger partial charge in [0.25, 0.3) is 0 Å². The molecule has 1 amide bonds. The van der Waals surface area contributed by atoms with Gasteiger partial charge in [0.2, 0.25) is 5.91 Å². The smallest absolute Gasteiger partial charge is 0.237 e. The van der Waals surface area contributed by atoms with Crippen LogP contribution in [-0.2, 0) is 17.8 Å². The minimum Gasteiger partial charge on any atom is -0.348 e. The molecule has 2 aromatic rings. The van der Waals surface area contributed by atoms with E-state index >= 15 is 0 Å².